The van der Waals surface area contributed by atoms with Crippen molar-refractivity contribution >= 4 is 40.4 Å². The number of aliphatic hydroxyl groups is 1. The Morgan fingerprint density at radius 1 is 0.675 bits per heavy atom. The molecule has 1 heterocycles. The van der Waals surface area contributed by atoms with Gasteiger partial charge >= 0.3 is 0 Å². The lowest BCUT2D eigenvalue weighted by atomic mass is 9.62. The molecule has 2 amide bonds. The molecular formula is C35H29NO3S. The lowest BCUT2D eigenvalue weighted by Crippen LogP contribution is -2.53. The number of hydrogen-bond donors (Lipinski definition) is 1. The summed E-state index contributed by atoms with van der Waals surface area (Å²) in [6.45, 7) is 4.00. The second kappa shape index (κ2) is 8.79. The Kier molecular flexibility index (Phi) is 5.51. The largest absolute Gasteiger partial charge is 0.391 e. The molecule has 4 nitrogen and oxygen atoms in total. The zero-order valence-corrected chi connectivity index (χ0v) is 23.1. The third kappa shape index (κ3) is 2.97. The van der Waals surface area contributed by atoms with E-state index < -0.39 is 27.6 Å². The second-order valence-corrected chi connectivity index (χ2v) is 12.6. The topological polar surface area (TPSA) is 57.6 Å². The summed E-state index contributed by atoms with van der Waals surface area (Å²) in [6, 6.07) is 39.0. The van der Waals surface area contributed by atoms with Crippen LogP contribution in [0.1, 0.15) is 25.0 Å². The molecule has 4 aromatic carbocycles. The normalized spacial score (nSPS) is 30.7. The van der Waals surface area contributed by atoms with E-state index in [1.54, 1.807) is 0 Å². The molecule has 40 heavy (non-hydrogen) atoms. The van der Waals surface area contributed by atoms with Gasteiger partial charge in [-0.1, -0.05) is 111 Å². The summed E-state index contributed by atoms with van der Waals surface area (Å²) in [6.07, 6.45) is -0.961. The number of rotatable bonds is 5. The van der Waals surface area contributed by atoms with Gasteiger partial charge in [0, 0.05) is 15.7 Å². The van der Waals surface area contributed by atoms with Crippen LogP contribution in [0.5, 0.6) is 0 Å². The van der Waals surface area contributed by atoms with E-state index in [1.807, 2.05) is 135 Å². The van der Waals surface area contributed by atoms with Crippen LogP contribution in [-0.2, 0) is 9.59 Å². The highest BCUT2D eigenvalue weighted by Crippen LogP contribution is 2.80. The number of carbonyl (C=O) groups is 2. The quantitative estimate of drug-likeness (QED) is 0.284. The summed E-state index contributed by atoms with van der Waals surface area (Å²) in [4.78, 5) is 31.9. The van der Waals surface area contributed by atoms with E-state index in [9.17, 15) is 14.7 Å². The predicted molar refractivity (Wildman–Crippen MR) is 159 cm³/mol. The van der Waals surface area contributed by atoms with Gasteiger partial charge in [-0.25, -0.2) is 4.90 Å². The van der Waals surface area contributed by atoms with Crippen molar-refractivity contribution in [1.29, 1.82) is 0 Å². The molecule has 2 aliphatic carbocycles. The molecule has 4 aromatic rings. The van der Waals surface area contributed by atoms with Gasteiger partial charge in [0.1, 0.15) is 4.75 Å². The summed E-state index contributed by atoms with van der Waals surface area (Å²) in [5.74, 6) is -1.31. The van der Waals surface area contributed by atoms with Crippen LogP contribution in [-0.4, -0.2) is 27.8 Å². The van der Waals surface area contributed by atoms with Gasteiger partial charge in [0.25, 0.3) is 5.91 Å². The number of amides is 2. The minimum atomic E-state index is -1.26. The Bertz CT molecular complexity index is 1660. The Hall–Kier alpha value is -3.93. The fourth-order valence-corrected chi connectivity index (χ4v) is 9.53. The number of hydrogen-bond acceptors (Lipinski definition) is 4. The molecular weight excluding hydrogens is 514 g/mol. The number of para-hydroxylation sites is 1. The standard InChI is InChI=1S/C35H29NO3S/c1-33-27(23-15-7-3-8-16-23)28(24-17-9-4-10-18-24)34(2,31(33)38)35(40-26-21-13-6-14-22-26)29(33)30(37)36(32(35)39)25-19-11-5-12-20-25/h3-22,29,31,38H,1-2H3. The van der Waals surface area contributed by atoms with Crippen LogP contribution in [0.4, 0.5) is 5.69 Å². The van der Waals surface area contributed by atoms with E-state index in [4.69, 9.17) is 0 Å². The highest BCUT2D eigenvalue weighted by Gasteiger charge is 2.86. The van der Waals surface area contributed by atoms with Crippen molar-refractivity contribution in [2.75, 3.05) is 4.90 Å². The number of benzene rings is 4. The third-order valence-electron chi connectivity index (χ3n) is 9.35. The van der Waals surface area contributed by atoms with Gasteiger partial charge in [0.2, 0.25) is 5.91 Å². The molecule has 5 unspecified atom stereocenters. The zero-order valence-electron chi connectivity index (χ0n) is 22.3. The maximum atomic E-state index is 15.0. The minimum absolute atomic E-state index is 0.259. The van der Waals surface area contributed by atoms with Crippen molar-refractivity contribution in [3.05, 3.63) is 132 Å². The van der Waals surface area contributed by atoms with E-state index in [2.05, 4.69) is 0 Å². The molecule has 198 valence electrons. The number of fused-ring (bicyclic) bond motifs is 5. The highest BCUT2D eigenvalue weighted by atomic mass is 32.2. The van der Waals surface area contributed by atoms with Crippen LogP contribution in [0.25, 0.3) is 11.1 Å². The summed E-state index contributed by atoms with van der Waals surface area (Å²) in [5.41, 5.74) is 2.27. The summed E-state index contributed by atoms with van der Waals surface area (Å²) >= 11 is 1.43. The lowest BCUT2D eigenvalue weighted by molar-refractivity contribution is -0.125. The molecule has 1 saturated heterocycles. The van der Waals surface area contributed by atoms with Gasteiger partial charge in [0.15, 0.2) is 0 Å². The SMILES string of the molecule is CC12C(c3ccccc3)=C(c3ccccc3)C(C)(C1O)C1(Sc3ccccc3)C(=O)N(c3ccccc3)C(=O)C21. The number of aliphatic hydroxyl groups excluding tert-OH is 1. The zero-order chi connectivity index (χ0) is 27.7. The summed E-state index contributed by atoms with van der Waals surface area (Å²) < 4.78 is -1.26. The molecule has 1 N–H and O–H groups in total. The van der Waals surface area contributed by atoms with Crippen molar-refractivity contribution < 1.29 is 14.7 Å². The number of imide groups is 1. The minimum Gasteiger partial charge on any atom is -0.391 e. The number of thioether (sulfide) groups is 1. The number of anilines is 1. The van der Waals surface area contributed by atoms with Gasteiger partial charge in [-0.15, -0.1) is 11.8 Å². The molecule has 0 radical (unpaired) electrons. The van der Waals surface area contributed by atoms with Gasteiger partial charge in [0.05, 0.1) is 17.7 Å². The van der Waals surface area contributed by atoms with E-state index in [0.717, 1.165) is 27.2 Å². The predicted octanol–water partition coefficient (Wildman–Crippen LogP) is 6.72. The molecule has 2 fully saturated rings. The monoisotopic (exact) mass is 543 g/mol. The van der Waals surface area contributed by atoms with Gasteiger partial charge < -0.3 is 5.11 Å². The van der Waals surface area contributed by atoms with E-state index in [0.29, 0.717) is 5.69 Å². The van der Waals surface area contributed by atoms with Crippen LogP contribution in [0.3, 0.4) is 0 Å². The molecule has 5 atom stereocenters. The molecule has 1 saturated carbocycles. The maximum Gasteiger partial charge on any atom is 0.252 e. The second-order valence-electron chi connectivity index (χ2n) is 11.3. The molecule has 2 bridgehead atoms. The summed E-state index contributed by atoms with van der Waals surface area (Å²) in [7, 11) is 0. The smallest absolute Gasteiger partial charge is 0.252 e. The van der Waals surface area contributed by atoms with Crippen LogP contribution < -0.4 is 4.90 Å². The first kappa shape index (κ1) is 25.1. The average molecular weight is 544 g/mol. The molecule has 0 spiro atoms. The van der Waals surface area contributed by atoms with Crippen molar-refractivity contribution in [3.8, 4) is 0 Å². The fourth-order valence-electron chi connectivity index (χ4n) is 7.80. The molecule has 1 aliphatic heterocycles. The van der Waals surface area contributed by atoms with Gasteiger partial charge in [-0.2, -0.15) is 0 Å². The molecule has 0 aromatic heterocycles. The van der Waals surface area contributed by atoms with E-state index in [1.165, 1.54) is 16.7 Å². The van der Waals surface area contributed by atoms with Crippen molar-refractivity contribution in [2.45, 2.75) is 29.6 Å². The van der Waals surface area contributed by atoms with E-state index >= 15 is 0 Å². The fraction of sp³-hybridized carbons (Fsp3) is 0.200. The average Bonchev–Trinajstić information content (AvgIpc) is 3.40. The lowest BCUT2D eigenvalue weighted by Gasteiger charge is -2.46. The first-order valence-electron chi connectivity index (χ1n) is 13.6. The highest BCUT2D eigenvalue weighted by molar-refractivity contribution is 8.01. The van der Waals surface area contributed by atoms with Crippen molar-refractivity contribution in [1.82, 2.24) is 0 Å². The Balaban J connectivity index is 1.58. The van der Waals surface area contributed by atoms with Crippen molar-refractivity contribution in [2.24, 2.45) is 16.7 Å². The molecule has 3 aliphatic rings. The molecule has 5 heteroatoms. The molecule has 7 rings (SSSR count). The third-order valence-corrected chi connectivity index (χ3v) is 11.0. The first-order chi connectivity index (χ1) is 19.4. The van der Waals surface area contributed by atoms with Gasteiger partial charge in [-0.3, -0.25) is 9.59 Å². The van der Waals surface area contributed by atoms with E-state index in [-0.39, 0.29) is 11.8 Å². The van der Waals surface area contributed by atoms with Crippen LogP contribution in [0.15, 0.2) is 126 Å². The van der Waals surface area contributed by atoms with Crippen LogP contribution >= 0.6 is 11.8 Å². The first-order valence-corrected chi connectivity index (χ1v) is 14.4. The number of nitrogens with zero attached hydrogens (tertiary/aromatic N) is 1. The maximum absolute atomic E-state index is 15.0. The van der Waals surface area contributed by atoms with Crippen LogP contribution in [0.2, 0.25) is 0 Å². The Morgan fingerprint density at radius 3 is 1.70 bits per heavy atom. The summed E-state index contributed by atoms with van der Waals surface area (Å²) in [5, 5.41) is 12.5. The van der Waals surface area contributed by atoms with Gasteiger partial charge in [-0.05, 0) is 46.5 Å². The van der Waals surface area contributed by atoms with Crippen molar-refractivity contribution in [3.63, 3.8) is 0 Å². The Labute approximate surface area is 238 Å². The Morgan fingerprint density at radius 2 is 1.15 bits per heavy atom. The number of carbonyl (C=O) groups excluding carboxylic acids is 2. The van der Waals surface area contributed by atoms with Crippen LogP contribution in [0, 0.1) is 16.7 Å².